The van der Waals surface area contributed by atoms with Gasteiger partial charge in [0.1, 0.15) is 5.65 Å². The minimum atomic E-state index is -0.197. The number of guanidine groups is 1. The summed E-state index contributed by atoms with van der Waals surface area (Å²) in [5.41, 5.74) is 9.52. The number of hydrogen-bond donors (Lipinski definition) is 4. The molecule has 0 aliphatic carbocycles. The Bertz CT molecular complexity index is 1150. The molecule has 0 saturated carbocycles. The van der Waals surface area contributed by atoms with Crippen molar-refractivity contribution in [2.24, 2.45) is 5.73 Å². The molecule has 7 nitrogen and oxygen atoms in total. The van der Waals surface area contributed by atoms with E-state index in [0.29, 0.717) is 17.8 Å². The average Bonchev–Trinajstić information content (AvgIpc) is 3.23. The number of nitrogens with one attached hydrogen (secondary N) is 3. The second-order valence-electron chi connectivity index (χ2n) is 6.56. The van der Waals surface area contributed by atoms with E-state index in [1.807, 2.05) is 48.5 Å². The Labute approximate surface area is 167 Å². The summed E-state index contributed by atoms with van der Waals surface area (Å²) in [5, 5.41) is 11.6. The van der Waals surface area contributed by atoms with Crippen molar-refractivity contribution in [1.82, 2.24) is 9.97 Å². The molecule has 0 aliphatic heterocycles. The van der Waals surface area contributed by atoms with Gasteiger partial charge in [0.05, 0.1) is 12.2 Å². The van der Waals surface area contributed by atoms with E-state index in [4.69, 9.17) is 11.1 Å². The molecule has 5 N–H and O–H groups in total. The number of aromatic amines is 1. The van der Waals surface area contributed by atoms with Crippen molar-refractivity contribution in [2.75, 3.05) is 10.2 Å². The van der Waals surface area contributed by atoms with Crippen molar-refractivity contribution in [1.29, 1.82) is 5.41 Å². The smallest absolute Gasteiger partial charge is 0.255 e. The molecular weight excluding hydrogens is 364 g/mol. The van der Waals surface area contributed by atoms with Gasteiger partial charge in [-0.15, -0.1) is 0 Å². The van der Waals surface area contributed by atoms with Crippen LogP contribution in [0.5, 0.6) is 0 Å². The predicted molar refractivity (Wildman–Crippen MR) is 115 cm³/mol. The van der Waals surface area contributed by atoms with Gasteiger partial charge in [0.15, 0.2) is 5.96 Å². The lowest BCUT2D eigenvalue weighted by atomic mass is 10.1. The molecule has 0 bridgehead atoms. The first kappa shape index (κ1) is 18.2. The topological polar surface area (TPSA) is 111 Å². The van der Waals surface area contributed by atoms with E-state index in [9.17, 15) is 4.79 Å². The second-order valence-corrected chi connectivity index (χ2v) is 6.56. The van der Waals surface area contributed by atoms with E-state index in [1.165, 1.54) is 0 Å². The highest BCUT2D eigenvalue weighted by molar-refractivity contribution is 6.08. The Kier molecular flexibility index (Phi) is 4.94. The molecule has 144 valence electrons. The first-order valence-corrected chi connectivity index (χ1v) is 9.11. The molecule has 29 heavy (non-hydrogen) atoms. The summed E-state index contributed by atoms with van der Waals surface area (Å²) >= 11 is 0. The monoisotopic (exact) mass is 384 g/mol. The SMILES string of the molecule is N=C(N)N(Cc1ccc(C(=O)Nc2ccnc3[nH]ccc23)cc1)c1ccccc1. The molecule has 0 unspecified atom stereocenters. The van der Waals surface area contributed by atoms with Crippen molar-refractivity contribution in [2.45, 2.75) is 6.54 Å². The molecule has 0 atom stereocenters. The third-order valence-electron chi connectivity index (χ3n) is 4.62. The Balaban J connectivity index is 1.49. The summed E-state index contributed by atoms with van der Waals surface area (Å²) in [6.45, 7) is 0.440. The van der Waals surface area contributed by atoms with Crippen LogP contribution in [0.1, 0.15) is 15.9 Å². The Morgan fingerprint density at radius 2 is 1.83 bits per heavy atom. The van der Waals surface area contributed by atoms with Crippen molar-refractivity contribution < 1.29 is 4.79 Å². The van der Waals surface area contributed by atoms with E-state index in [-0.39, 0.29) is 11.9 Å². The van der Waals surface area contributed by atoms with Gasteiger partial charge >= 0.3 is 0 Å². The number of benzene rings is 2. The summed E-state index contributed by atoms with van der Waals surface area (Å²) in [6, 6.07) is 20.4. The third-order valence-corrected chi connectivity index (χ3v) is 4.62. The van der Waals surface area contributed by atoms with E-state index in [0.717, 1.165) is 22.3 Å². The Morgan fingerprint density at radius 1 is 1.07 bits per heavy atom. The van der Waals surface area contributed by atoms with Crippen LogP contribution in [0.15, 0.2) is 79.1 Å². The molecule has 7 heteroatoms. The maximum Gasteiger partial charge on any atom is 0.255 e. The number of hydrogen-bond acceptors (Lipinski definition) is 3. The number of pyridine rings is 1. The highest BCUT2D eigenvalue weighted by Gasteiger charge is 2.12. The summed E-state index contributed by atoms with van der Waals surface area (Å²) in [6.07, 6.45) is 3.44. The number of nitrogens with zero attached hydrogens (tertiary/aromatic N) is 2. The fourth-order valence-electron chi connectivity index (χ4n) is 3.13. The van der Waals surface area contributed by atoms with Gasteiger partial charge in [-0.25, -0.2) is 4.98 Å². The lowest BCUT2D eigenvalue weighted by molar-refractivity contribution is 0.102. The van der Waals surface area contributed by atoms with Crippen molar-refractivity contribution in [3.05, 3.63) is 90.3 Å². The van der Waals surface area contributed by atoms with Crippen molar-refractivity contribution >= 4 is 34.3 Å². The van der Waals surface area contributed by atoms with Gasteiger partial charge in [0.25, 0.3) is 5.91 Å². The number of rotatable bonds is 5. The maximum atomic E-state index is 12.6. The number of carbonyl (C=O) groups excluding carboxylic acids is 1. The van der Waals surface area contributed by atoms with Gasteiger partial charge in [-0.3, -0.25) is 10.2 Å². The van der Waals surface area contributed by atoms with E-state index in [1.54, 1.807) is 35.5 Å². The van der Waals surface area contributed by atoms with Crippen LogP contribution in [0.3, 0.4) is 0 Å². The number of para-hydroxylation sites is 1. The van der Waals surface area contributed by atoms with Crippen LogP contribution in [0.2, 0.25) is 0 Å². The first-order valence-electron chi connectivity index (χ1n) is 9.11. The summed E-state index contributed by atoms with van der Waals surface area (Å²) in [4.78, 5) is 21.6. The van der Waals surface area contributed by atoms with Crippen LogP contribution in [0.25, 0.3) is 11.0 Å². The average molecular weight is 384 g/mol. The number of H-pyrrole nitrogens is 1. The molecule has 4 rings (SSSR count). The zero-order chi connectivity index (χ0) is 20.2. The third kappa shape index (κ3) is 3.93. The number of aromatic nitrogens is 2. The molecule has 0 radical (unpaired) electrons. The molecule has 0 aliphatic rings. The number of amides is 1. The normalized spacial score (nSPS) is 10.6. The largest absolute Gasteiger partial charge is 0.370 e. The van der Waals surface area contributed by atoms with Crippen LogP contribution in [0.4, 0.5) is 11.4 Å². The van der Waals surface area contributed by atoms with Crippen LogP contribution >= 0.6 is 0 Å². The standard InChI is InChI=1S/C22H20N6O/c23-22(24)28(17-4-2-1-3-5-17)14-15-6-8-16(9-7-15)21(29)27-19-11-13-26-20-18(19)10-12-25-20/h1-13H,14H2,(H3,23,24)(H2,25,26,27,29). The molecular formula is C22H20N6O. The van der Waals surface area contributed by atoms with Crippen LogP contribution < -0.4 is 16.0 Å². The predicted octanol–water partition coefficient (Wildman–Crippen LogP) is 3.72. The van der Waals surface area contributed by atoms with Crippen molar-refractivity contribution in [3.8, 4) is 0 Å². The number of anilines is 2. The zero-order valence-electron chi connectivity index (χ0n) is 15.6. The van der Waals surface area contributed by atoms with Crippen molar-refractivity contribution in [3.63, 3.8) is 0 Å². The van der Waals surface area contributed by atoms with Gasteiger partial charge in [-0.1, -0.05) is 30.3 Å². The quantitative estimate of drug-likeness (QED) is 0.310. The van der Waals surface area contributed by atoms with Gasteiger partial charge in [0.2, 0.25) is 0 Å². The van der Waals surface area contributed by atoms with E-state index < -0.39 is 0 Å². The lowest BCUT2D eigenvalue weighted by Crippen LogP contribution is -2.35. The molecule has 2 aromatic carbocycles. The zero-order valence-corrected chi connectivity index (χ0v) is 15.6. The van der Waals surface area contributed by atoms with E-state index >= 15 is 0 Å². The minimum Gasteiger partial charge on any atom is -0.370 e. The fraction of sp³-hybridized carbons (Fsp3) is 0.0455. The minimum absolute atomic E-state index is 0.0359. The van der Waals surface area contributed by atoms with Crippen LogP contribution in [-0.2, 0) is 6.54 Å². The summed E-state index contributed by atoms with van der Waals surface area (Å²) < 4.78 is 0. The highest BCUT2D eigenvalue weighted by Crippen LogP contribution is 2.21. The molecule has 2 aromatic heterocycles. The van der Waals surface area contributed by atoms with Gasteiger partial charge in [0, 0.05) is 29.0 Å². The molecule has 0 saturated heterocycles. The van der Waals surface area contributed by atoms with Crippen LogP contribution in [-0.4, -0.2) is 21.8 Å². The molecule has 1 amide bonds. The highest BCUT2D eigenvalue weighted by atomic mass is 16.1. The Hall–Kier alpha value is -4.13. The molecule has 2 heterocycles. The summed E-state index contributed by atoms with van der Waals surface area (Å²) in [5.74, 6) is -0.233. The number of nitrogens with two attached hydrogens (primary N) is 1. The Morgan fingerprint density at radius 3 is 2.55 bits per heavy atom. The fourth-order valence-corrected chi connectivity index (χ4v) is 3.13. The molecule has 0 fully saturated rings. The van der Waals surface area contributed by atoms with Gasteiger partial charge < -0.3 is 20.9 Å². The maximum absolute atomic E-state index is 12.6. The van der Waals surface area contributed by atoms with Gasteiger partial charge in [-0.05, 0) is 42.0 Å². The molecule has 4 aromatic rings. The van der Waals surface area contributed by atoms with Gasteiger partial charge in [-0.2, -0.15) is 0 Å². The van der Waals surface area contributed by atoms with E-state index in [2.05, 4.69) is 15.3 Å². The second kappa shape index (κ2) is 7.85. The number of carbonyl (C=O) groups is 1. The summed E-state index contributed by atoms with van der Waals surface area (Å²) in [7, 11) is 0. The lowest BCUT2D eigenvalue weighted by Gasteiger charge is -2.22. The van der Waals surface area contributed by atoms with Crippen LogP contribution in [0, 0.1) is 5.41 Å². The first-order chi connectivity index (χ1) is 14.1. The molecule has 0 spiro atoms. The number of fused-ring (bicyclic) bond motifs is 1.